The van der Waals surface area contributed by atoms with E-state index in [2.05, 4.69) is 10.2 Å². The summed E-state index contributed by atoms with van der Waals surface area (Å²) in [4.78, 5) is 2.34. The van der Waals surface area contributed by atoms with E-state index in [1.165, 1.54) is 38.5 Å². The van der Waals surface area contributed by atoms with Crippen LogP contribution in [0.4, 0.5) is 0 Å². The third kappa shape index (κ3) is 4.29. The fourth-order valence-corrected chi connectivity index (χ4v) is 3.72. The zero-order chi connectivity index (χ0) is 14.5. The van der Waals surface area contributed by atoms with Gasteiger partial charge in [-0.25, -0.2) is 0 Å². The first kappa shape index (κ1) is 15.0. The van der Waals surface area contributed by atoms with E-state index in [0.717, 1.165) is 24.7 Å². The van der Waals surface area contributed by atoms with Gasteiger partial charge in [-0.05, 0) is 45.3 Å². The molecule has 0 spiro atoms. The summed E-state index contributed by atoms with van der Waals surface area (Å²) >= 11 is 0. The Morgan fingerprint density at radius 3 is 2.29 bits per heavy atom. The van der Waals surface area contributed by atoms with Crippen LogP contribution in [0.25, 0.3) is 0 Å². The van der Waals surface area contributed by atoms with Crippen LogP contribution in [0, 0.1) is 0 Å². The first-order chi connectivity index (χ1) is 10.3. The molecule has 1 aromatic carbocycles. The van der Waals surface area contributed by atoms with Gasteiger partial charge in [-0.15, -0.1) is 0 Å². The van der Waals surface area contributed by atoms with Gasteiger partial charge in [0, 0.05) is 12.1 Å². The number of nitrogens with one attached hydrogen (secondary N) is 1. The number of likely N-dealkylation sites (tertiary alicyclic amines) is 1. The van der Waals surface area contributed by atoms with Crippen molar-refractivity contribution in [2.45, 2.75) is 56.7 Å². The van der Waals surface area contributed by atoms with Crippen LogP contribution >= 0.6 is 0 Å². The zero-order valence-electron chi connectivity index (χ0n) is 12.8. The standard InChI is InChI=1S/C18H27N2O/c21-18(15-6-2-1-3-7-15)14-20-12-10-17(11-13-20)19-16-8-4-5-9-16/h1-3,6-7,16-19H,4-5,8-14H2/q-1. The predicted molar refractivity (Wildman–Crippen MR) is 84.0 cm³/mol. The van der Waals surface area contributed by atoms with Gasteiger partial charge in [0.2, 0.25) is 0 Å². The van der Waals surface area contributed by atoms with Gasteiger partial charge in [-0.3, -0.25) is 0 Å². The molecule has 2 fully saturated rings. The Kier molecular flexibility index (Phi) is 5.28. The molecule has 2 aliphatic rings. The van der Waals surface area contributed by atoms with E-state index in [9.17, 15) is 5.11 Å². The molecule has 1 unspecified atom stereocenters. The minimum Gasteiger partial charge on any atom is -0.848 e. The number of hydrogen-bond acceptors (Lipinski definition) is 3. The molecule has 1 saturated heterocycles. The van der Waals surface area contributed by atoms with Crippen molar-refractivity contribution >= 4 is 0 Å². The van der Waals surface area contributed by atoms with E-state index in [0.29, 0.717) is 12.6 Å². The summed E-state index contributed by atoms with van der Waals surface area (Å²) < 4.78 is 0. The number of nitrogens with zero attached hydrogens (tertiary/aromatic N) is 1. The molecule has 116 valence electrons. The van der Waals surface area contributed by atoms with Crippen LogP contribution in [0.3, 0.4) is 0 Å². The van der Waals surface area contributed by atoms with Crippen LogP contribution in [0.2, 0.25) is 0 Å². The maximum absolute atomic E-state index is 12.3. The number of piperidine rings is 1. The zero-order valence-corrected chi connectivity index (χ0v) is 12.8. The summed E-state index contributed by atoms with van der Waals surface area (Å²) in [6, 6.07) is 11.2. The van der Waals surface area contributed by atoms with Crippen LogP contribution in [-0.2, 0) is 0 Å². The van der Waals surface area contributed by atoms with E-state index in [-0.39, 0.29) is 0 Å². The Morgan fingerprint density at radius 1 is 1.00 bits per heavy atom. The van der Waals surface area contributed by atoms with Gasteiger partial charge in [-0.1, -0.05) is 54.8 Å². The van der Waals surface area contributed by atoms with Crippen molar-refractivity contribution in [3.05, 3.63) is 35.9 Å². The summed E-state index contributed by atoms with van der Waals surface area (Å²) in [6.07, 6.45) is 7.28. The molecular weight excluding hydrogens is 260 g/mol. The molecule has 1 N–H and O–H groups in total. The third-order valence-electron chi connectivity index (χ3n) is 5.01. The summed E-state index contributed by atoms with van der Waals surface area (Å²) in [5.74, 6) is 0. The lowest BCUT2D eigenvalue weighted by molar-refractivity contribution is -0.428. The fraction of sp³-hybridized carbons (Fsp3) is 0.667. The Bertz CT molecular complexity index is 408. The molecule has 1 saturated carbocycles. The van der Waals surface area contributed by atoms with Crippen molar-refractivity contribution in [1.82, 2.24) is 10.2 Å². The number of hydrogen-bond donors (Lipinski definition) is 1. The van der Waals surface area contributed by atoms with Crippen molar-refractivity contribution in [1.29, 1.82) is 0 Å². The normalized spacial score (nSPS) is 23.5. The molecule has 0 aromatic heterocycles. The quantitative estimate of drug-likeness (QED) is 0.901. The highest BCUT2D eigenvalue weighted by atomic mass is 16.3. The second kappa shape index (κ2) is 7.39. The molecule has 1 aliphatic carbocycles. The Morgan fingerprint density at radius 2 is 1.62 bits per heavy atom. The van der Waals surface area contributed by atoms with Crippen molar-refractivity contribution in [3.8, 4) is 0 Å². The van der Waals surface area contributed by atoms with Gasteiger partial charge in [0.1, 0.15) is 0 Å². The van der Waals surface area contributed by atoms with E-state index >= 15 is 0 Å². The average molecular weight is 287 g/mol. The van der Waals surface area contributed by atoms with Gasteiger partial charge in [-0.2, -0.15) is 0 Å². The lowest BCUT2D eigenvalue weighted by atomic mass is 10.0. The number of rotatable bonds is 5. The Balaban J connectivity index is 1.41. The Labute approximate surface area is 128 Å². The molecule has 3 heteroatoms. The van der Waals surface area contributed by atoms with Crippen LogP contribution < -0.4 is 10.4 Å². The maximum Gasteiger partial charge on any atom is 0.00940 e. The number of benzene rings is 1. The smallest absolute Gasteiger partial charge is 0.00940 e. The van der Waals surface area contributed by atoms with Crippen molar-refractivity contribution in [2.75, 3.05) is 19.6 Å². The van der Waals surface area contributed by atoms with E-state index < -0.39 is 6.10 Å². The van der Waals surface area contributed by atoms with Crippen LogP contribution in [0.15, 0.2) is 30.3 Å². The largest absolute Gasteiger partial charge is 0.848 e. The second-order valence-corrected chi connectivity index (χ2v) is 6.62. The maximum atomic E-state index is 12.3. The predicted octanol–water partition coefficient (Wildman–Crippen LogP) is 2.08. The molecule has 1 heterocycles. The summed E-state index contributed by atoms with van der Waals surface area (Å²) in [7, 11) is 0. The third-order valence-corrected chi connectivity index (χ3v) is 5.01. The minimum atomic E-state index is -0.606. The molecule has 0 amide bonds. The monoisotopic (exact) mass is 287 g/mol. The molecular formula is C18H27N2O-. The molecule has 1 aromatic rings. The average Bonchev–Trinajstić information content (AvgIpc) is 3.03. The van der Waals surface area contributed by atoms with Gasteiger partial charge in [0.25, 0.3) is 0 Å². The molecule has 0 bridgehead atoms. The van der Waals surface area contributed by atoms with E-state index in [1.54, 1.807) is 0 Å². The minimum absolute atomic E-state index is 0.606. The second-order valence-electron chi connectivity index (χ2n) is 6.62. The topological polar surface area (TPSA) is 38.3 Å². The van der Waals surface area contributed by atoms with E-state index in [1.807, 2.05) is 30.3 Å². The van der Waals surface area contributed by atoms with Gasteiger partial charge < -0.3 is 15.3 Å². The lowest BCUT2D eigenvalue weighted by Crippen LogP contribution is -2.47. The molecule has 1 aliphatic heterocycles. The van der Waals surface area contributed by atoms with Crippen molar-refractivity contribution < 1.29 is 5.11 Å². The van der Waals surface area contributed by atoms with Crippen LogP contribution in [0.1, 0.15) is 50.2 Å². The van der Waals surface area contributed by atoms with Gasteiger partial charge >= 0.3 is 0 Å². The highest BCUT2D eigenvalue weighted by Crippen LogP contribution is 2.21. The van der Waals surface area contributed by atoms with Crippen LogP contribution in [-0.4, -0.2) is 36.6 Å². The Hall–Kier alpha value is -0.900. The van der Waals surface area contributed by atoms with Crippen molar-refractivity contribution in [2.24, 2.45) is 0 Å². The lowest BCUT2D eigenvalue weighted by Gasteiger charge is -2.37. The summed E-state index contributed by atoms with van der Waals surface area (Å²) in [6.45, 7) is 2.78. The SMILES string of the molecule is [O-]C(CN1CCC(NC2CCCC2)CC1)c1ccccc1. The molecule has 1 atom stereocenters. The fourth-order valence-electron chi connectivity index (χ4n) is 3.72. The van der Waals surface area contributed by atoms with Crippen molar-refractivity contribution in [3.63, 3.8) is 0 Å². The van der Waals surface area contributed by atoms with E-state index in [4.69, 9.17) is 0 Å². The summed E-state index contributed by atoms with van der Waals surface area (Å²) in [5, 5.41) is 16.1. The highest BCUT2D eigenvalue weighted by molar-refractivity contribution is 5.17. The molecule has 0 radical (unpaired) electrons. The molecule has 21 heavy (non-hydrogen) atoms. The summed E-state index contributed by atoms with van der Waals surface area (Å²) in [5.41, 5.74) is 0.920. The van der Waals surface area contributed by atoms with Crippen LogP contribution in [0.5, 0.6) is 0 Å². The first-order valence-electron chi connectivity index (χ1n) is 8.50. The first-order valence-corrected chi connectivity index (χ1v) is 8.50. The van der Waals surface area contributed by atoms with Gasteiger partial charge in [0.05, 0.1) is 0 Å². The van der Waals surface area contributed by atoms with Gasteiger partial charge in [0.15, 0.2) is 0 Å². The molecule has 3 nitrogen and oxygen atoms in total. The molecule has 3 rings (SSSR count). The highest BCUT2D eigenvalue weighted by Gasteiger charge is 2.23.